The minimum atomic E-state index is -1.46. The summed E-state index contributed by atoms with van der Waals surface area (Å²) in [6.45, 7) is 3.87. The molecule has 0 atom stereocenters. The van der Waals surface area contributed by atoms with Crippen molar-refractivity contribution in [3.8, 4) is 5.13 Å². The summed E-state index contributed by atoms with van der Waals surface area (Å²) in [4.78, 5) is 59.3. The van der Waals surface area contributed by atoms with Gasteiger partial charge in [0.1, 0.15) is 11.3 Å². The monoisotopic (exact) mass is 556 g/mol. The zero-order chi connectivity index (χ0) is 27.8. The van der Waals surface area contributed by atoms with E-state index in [4.69, 9.17) is 9.47 Å². The van der Waals surface area contributed by atoms with Gasteiger partial charge in [0.15, 0.2) is 28.1 Å². The van der Waals surface area contributed by atoms with Crippen LogP contribution in [-0.4, -0.2) is 73.6 Å². The molecule has 39 heavy (non-hydrogen) atoms. The summed E-state index contributed by atoms with van der Waals surface area (Å²) in [6.07, 6.45) is 2.62. The van der Waals surface area contributed by atoms with E-state index in [1.54, 1.807) is 24.1 Å². The number of carbonyl (C=O) groups excluding carboxylic acids is 2. The molecular weight excluding hydrogens is 535 g/mol. The molecule has 0 unspecified atom stereocenters. The van der Waals surface area contributed by atoms with Crippen molar-refractivity contribution >= 4 is 46.1 Å². The average Bonchev–Trinajstić information content (AvgIpc) is 3.55. The molecule has 5 heterocycles. The number of rotatable bonds is 8. The highest BCUT2D eigenvalue weighted by Crippen LogP contribution is 2.31. The number of pyridine rings is 2. The number of aromatic carboxylic acids is 1. The van der Waals surface area contributed by atoms with Crippen molar-refractivity contribution in [1.29, 1.82) is 0 Å². The van der Waals surface area contributed by atoms with Crippen LogP contribution in [0.15, 0.2) is 34.7 Å². The number of carboxylic acid groups (broad SMARTS) is 1. The lowest BCUT2D eigenvalue weighted by Crippen LogP contribution is -2.49. The molecule has 1 aliphatic heterocycles. The average molecular weight is 557 g/mol. The third-order valence-corrected chi connectivity index (χ3v) is 6.75. The molecule has 0 aliphatic carbocycles. The molecule has 1 aliphatic rings. The van der Waals surface area contributed by atoms with E-state index in [1.165, 1.54) is 32.8 Å². The molecule has 0 radical (unpaired) electrons. The van der Waals surface area contributed by atoms with E-state index in [9.17, 15) is 24.3 Å². The number of carbonyl (C=O) groups is 3. The van der Waals surface area contributed by atoms with Crippen molar-refractivity contribution in [2.75, 3.05) is 31.2 Å². The first-order valence-corrected chi connectivity index (χ1v) is 12.7. The third kappa shape index (κ3) is 4.60. The van der Waals surface area contributed by atoms with Gasteiger partial charge in [-0.2, -0.15) is 5.10 Å². The molecule has 4 aromatic heterocycles. The number of anilines is 1. The molecular formula is C24H21FN6O7S. The van der Waals surface area contributed by atoms with Gasteiger partial charge in [-0.3, -0.25) is 14.0 Å². The maximum absolute atomic E-state index is 15.2. The summed E-state index contributed by atoms with van der Waals surface area (Å²) in [5.41, 5.74) is -1.38. The van der Waals surface area contributed by atoms with Gasteiger partial charge in [0.2, 0.25) is 5.43 Å². The lowest BCUT2D eigenvalue weighted by molar-refractivity contribution is 0.0501. The molecule has 202 valence electrons. The van der Waals surface area contributed by atoms with Crippen LogP contribution in [-0.2, 0) is 9.47 Å². The largest absolute Gasteiger partial charge is 0.477 e. The van der Waals surface area contributed by atoms with Crippen LogP contribution in [0.25, 0.3) is 16.2 Å². The summed E-state index contributed by atoms with van der Waals surface area (Å²) in [6, 6.07) is 1.82. The van der Waals surface area contributed by atoms with Crippen LogP contribution in [0.5, 0.6) is 0 Å². The number of halogens is 1. The summed E-state index contributed by atoms with van der Waals surface area (Å²) in [5.74, 6) is -3.73. The maximum atomic E-state index is 15.2. The number of nitrogens with zero attached hydrogens (tertiary/aromatic N) is 6. The molecule has 0 saturated carbocycles. The minimum Gasteiger partial charge on any atom is -0.477 e. The summed E-state index contributed by atoms with van der Waals surface area (Å²) in [7, 11) is 0. The highest BCUT2D eigenvalue weighted by molar-refractivity contribution is 7.12. The van der Waals surface area contributed by atoms with Gasteiger partial charge >= 0.3 is 17.9 Å². The number of esters is 2. The van der Waals surface area contributed by atoms with Gasteiger partial charge in [-0.15, -0.1) is 11.3 Å². The number of fused-ring (bicyclic) bond motifs is 1. The number of thiazole rings is 1. The zero-order valence-electron chi connectivity index (χ0n) is 20.7. The van der Waals surface area contributed by atoms with Crippen LogP contribution in [0, 0.1) is 5.82 Å². The smallest absolute Gasteiger partial charge is 0.358 e. The Bertz CT molecular complexity index is 1660. The molecule has 15 heteroatoms. The van der Waals surface area contributed by atoms with E-state index in [-0.39, 0.29) is 54.5 Å². The fraction of sp³-hybridized carbons (Fsp3) is 0.292. The van der Waals surface area contributed by atoms with Crippen LogP contribution < -0.4 is 10.3 Å². The first-order valence-electron chi connectivity index (χ1n) is 11.8. The maximum Gasteiger partial charge on any atom is 0.358 e. The molecule has 0 aromatic carbocycles. The van der Waals surface area contributed by atoms with E-state index in [2.05, 4.69) is 15.1 Å². The first-order chi connectivity index (χ1) is 18.7. The van der Waals surface area contributed by atoms with Crippen LogP contribution in [0.3, 0.4) is 0 Å². The van der Waals surface area contributed by atoms with Gasteiger partial charge in [0.25, 0.3) is 0 Å². The van der Waals surface area contributed by atoms with Crippen molar-refractivity contribution in [2.24, 2.45) is 0 Å². The number of carboxylic acids is 1. The van der Waals surface area contributed by atoms with Gasteiger partial charge in [-0.05, 0) is 19.9 Å². The fourth-order valence-electron chi connectivity index (χ4n) is 4.19. The molecule has 4 aromatic rings. The normalized spacial score (nSPS) is 13.4. The quantitative estimate of drug-likeness (QED) is 0.317. The number of aromatic nitrogens is 5. The summed E-state index contributed by atoms with van der Waals surface area (Å²) in [5, 5.41) is 15.5. The Morgan fingerprint density at radius 1 is 1.15 bits per heavy atom. The third-order valence-electron chi connectivity index (χ3n) is 5.98. The van der Waals surface area contributed by atoms with Gasteiger partial charge in [0.05, 0.1) is 24.6 Å². The Balaban J connectivity index is 1.51. The zero-order valence-corrected chi connectivity index (χ0v) is 21.5. The predicted molar refractivity (Wildman–Crippen MR) is 135 cm³/mol. The number of hydrogen-bond acceptors (Lipinski definition) is 11. The molecule has 5 rings (SSSR count). The molecule has 13 nitrogen and oxygen atoms in total. The highest BCUT2D eigenvalue weighted by atomic mass is 32.1. The van der Waals surface area contributed by atoms with Crippen molar-refractivity contribution in [3.05, 3.63) is 62.9 Å². The Hall–Kier alpha value is -4.66. The molecule has 0 spiro atoms. The van der Waals surface area contributed by atoms with Crippen LogP contribution in [0.1, 0.15) is 51.2 Å². The van der Waals surface area contributed by atoms with Gasteiger partial charge in [0, 0.05) is 36.9 Å². The van der Waals surface area contributed by atoms with Crippen molar-refractivity contribution in [3.63, 3.8) is 0 Å². The lowest BCUT2D eigenvalue weighted by Gasteiger charge is -2.40. The molecule has 1 fully saturated rings. The highest BCUT2D eigenvalue weighted by Gasteiger charge is 2.36. The van der Waals surface area contributed by atoms with Crippen molar-refractivity contribution < 1.29 is 33.4 Å². The number of hydrogen-bond donors (Lipinski definition) is 1. The number of ether oxygens (including phenoxy) is 2. The molecule has 0 bridgehead atoms. The van der Waals surface area contributed by atoms with Crippen molar-refractivity contribution in [1.82, 2.24) is 24.3 Å². The fourth-order valence-corrected chi connectivity index (χ4v) is 4.81. The van der Waals surface area contributed by atoms with Crippen LogP contribution in [0.4, 0.5) is 10.2 Å². The summed E-state index contributed by atoms with van der Waals surface area (Å²) < 4.78 is 28.0. The van der Waals surface area contributed by atoms with E-state index in [0.29, 0.717) is 5.13 Å². The predicted octanol–water partition coefficient (Wildman–Crippen LogP) is 2.29. The van der Waals surface area contributed by atoms with Gasteiger partial charge in [-0.25, -0.2) is 28.7 Å². The Labute approximate surface area is 223 Å². The van der Waals surface area contributed by atoms with Crippen molar-refractivity contribution in [2.45, 2.75) is 19.9 Å². The SMILES string of the molecule is CCOC(=O)c1cc(C(=O)OCC)n(C2CN(c3nc4c(cc3F)c(=O)c(C(=O)O)cn4-c3nccs3)C2)n1. The lowest BCUT2D eigenvalue weighted by atomic mass is 10.1. The second-order valence-corrected chi connectivity index (χ2v) is 9.26. The minimum absolute atomic E-state index is 0.0377. The van der Waals surface area contributed by atoms with Crippen LogP contribution >= 0.6 is 11.3 Å². The standard InChI is InChI=1S/C24H21FN6O7S/c1-3-37-22(35)16-8-17(23(36)38-4-2)31(28-16)12-9-29(10-12)20-15(25)7-13-18(32)14(21(33)34)11-30(19(13)27-20)24-26-5-6-39-24/h5-8,11-12H,3-4,9-10H2,1-2H3,(H,33,34). The Morgan fingerprint density at radius 2 is 1.87 bits per heavy atom. The van der Waals surface area contributed by atoms with E-state index in [0.717, 1.165) is 12.3 Å². The van der Waals surface area contributed by atoms with Gasteiger partial charge < -0.3 is 19.5 Å². The van der Waals surface area contributed by atoms with E-state index in [1.807, 2.05) is 0 Å². The molecule has 0 amide bonds. The Kier molecular flexibility index (Phi) is 6.82. The summed E-state index contributed by atoms with van der Waals surface area (Å²) >= 11 is 1.19. The topological polar surface area (TPSA) is 159 Å². The van der Waals surface area contributed by atoms with Crippen LogP contribution in [0.2, 0.25) is 0 Å². The van der Waals surface area contributed by atoms with Gasteiger partial charge in [-0.1, -0.05) is 0 Å². The second kappa shape index (κ2) is 10.2. The second-order valence-electron chi connectivity index (χ2n) is 8.39. The molecule has 1 saturated heterocycles. The first kappa shape index (κ1) is 26.0. The molecule has 1 N–H and O–H groups in total. The van der Waals surface area contributed by atoms with E-state index < -0.39 is 40.8 Å². The van der Waals surface area contributed by atoms with E-state index >= 15 is 4.39 Å². The Morgan fingerprint density at radius 3 is 2.51 bits per heavy atom.